The van der Waals surface area contributed by atoms with E-state index in [1.165, 1.54) is 24.3 Å². The van der Waals surface area contributed by atoms with Crippen LogP contribution in [0.25, 0.3) is 0 Å². The highest BCUT2D eigenvalue weighted by Gasteiger charge is 2.33. The average molecular weight is 302 g/mol. The topological polar surface area (TPSA) is 41.6 Å². The van der Waals surface area contributed by atoms with Crippen molar-refractivity contribution in [2.24, 2.45) is 0 Å². The summed E-state index contributed by atoms with van der Waals surface area (Å²) in [7, 11) is 0. The summed E-state index contributed by atoms with van der Waals surface area (Å²) in [5, 5.41) is 3.16. The predicted molar refractivity (Wildman–Crippen MR) is 72.2 cm³/mol. The average Bonchev–Trinajstić information content (AvgIpc) is 2.77. The maximum Gasteiger partial charge on any atom is 0.573 e. The molecule has 0 spiro atoms. The van der Waals surface area contributed by atoms with Gasteiger partial charge in [0, 0.05) is 12.2 Å². The fourth-order valence-electron chi connectivity index (χ4n) is 2.27. The van der Waals surface area contributed by atoms with Crippen molar-refractivity contribution in [2.75, 3.05) is 18.0 Å². The third kappa shape index (κ3) is 4.10. The highest BCUT2D eigenvalue weighted by atomic mass is 19.4. The number of nitrogens with one attached hydrogen (secondary N) is 1. The molecule has 0 bridgehead atoms. The first-order valence-electron chi connectivity index (χ1n) is 6.81. The lowest BCUT2D eigenvalue weighted by Crippen LogP contribution is -2.38. The van der Waals surface area contributed by atoms with Gasteiger partial charge in [0.25, 0.3) is 0 Å². The number of anilines is 1. The number of hydrogen-bond donors (Lipinski definition) is 1. The molecule has 1 heterocycles. The quantitative estimate of drug-likeness (QED) is 0.909. The molecular weight excluding hydrogens is 285 g/mol. The third-order valence-electron chi connectivity index (χ3n) is 3.23. The van der Waals surface area contributed by atoms with Gasteiger partial charge in [0.2, 0.25) is 5.91 Å². The Labute approximate surface area is 120 Å². The van der Waals surface area contributed by atoms with Crippen molar-refractivity contribution < 1.29 is 22.7 Å². The summed E-state index contributed by atoms with van der Waals surface area (Å²) in [5.74, 6) is -0.341. The van der Waals surface area contributed by atoms with E-state index in [0.29, 0.717) is 18.7 Å². The zero-order chi connectivity index (χ0) is 15.5. The first-order chi connectivity index (χ1) is 9.90. The van der Waals surface area contributed by atoms with E-state index in [4.69, 9.17) is 0 Å². The van der Waals surface area contributed by atoms with Crippen molar-refractivity contribution in [1.29, 1.82) is 0 Å². The summed E-state index contributed by atoms with van der Waals surface area (Å²) in [6, 6.07) is 5.13. The van der Waals surface area contributed by atoms with Gasteiger partial charge in [-0.1, -0.05) is 6.92 Å². The lowest BCUT2D eigenvalue weighted by atomic mass is 10.2. The van der Waals surface area contributed by atoms with Gasteiger partial charge in [-0.15, -0.1) is 13.2 Å². The Balaban J connectivity index is 2.01. The van der Waals surface area contributed by atoms with E-state index in [1.807, 2.05) is 6.92 Å². The van der Waals surface area contributed by atoms with Gasteiger partial charge in [-0.25, -0.2) is 0 Å². The normalized spacial score (nSPS) is 19.1. The molecule has 0 radical (unpaired) electrons. The fraction of sp³-hybridized carbons (Fsp3) is 0.500. The molecule has 0 saturated carbocycles. The van der Waals surface area contributed by atoms with E-state index in [2.05, 4.69) is 10.1 Å². The molecule has 0 aromatic heterocycles. The van der Waals surface area contributed by atoms with Crippen LogP contribution in [0.1, 0.15) is 19.8 Å². The maximum atomic E-state index is 12.2. The van der Waals surface area contributed by atoms with E-state index >= 15 is 0 Å². The van der Waals surface area contributed by atoms with Crippen LogP contribution in [0.4, 0.5) is 18.9 Å². The monoisotopic (exact) mass is 302 g/mol. The number of amides is 1. The minimum atomic E-state index is -4.71. The molecule has 1 amide bonds. The minimum absolute atomic E-state index is 0.0482. The second-order valence-electron chi connectivity index (χ2n) is 4.83. The number of rotatable bonds is 5. The lowest BCUT2D eigenvalue weighted by Gasteiger charge is -2.18. The molecule has 7 heteroatoms. The number of nitrogens with zero attached hydrogens (tertiary/aromatic N) is 1. The molecule has 2 rings (SSSR count). The van der Waals surface area contributed by atoms with Gasteiger partial charge in [-0.3, -0.25) is 4.79 Å². The molecule has 1 N–H and O–H groups in total. The smallest absolute Gasteiger partial charge is 0.406 e. The van der Waals surface area contributed by atoms with Crippen LogP contribution >= 0.6 is 0 Å². The molecular formula is C14H17F3N2O2. The van der Waals surface area contributed by atoms with Gasteiger partial charge in [0.15, 0.2) is 0 Å². The molecule has 1 aliphatic rings. The lowest BCUT2D eigenvalue weighted by molar-refractivity contribution is -0.274. The first kappa shape index (κ1) is 15.6. The number of carbonyl (C=O) groups is 1. The molecule has 0 aliphatic carbocycles. The number of halogens is 3. The number of alkyl halides is 3. The molecule has 116 valence electrons. The van der Waals surface area contributed by atoms with Gasteiger partial charge in [-0.05, 0) is 43.7 Å². The van der Waals surface area contributed by atoms with Gasteiger partial charge in [-0.2, -0.15) is 0 Å². The molecule has 1 aromatic carbocycles. The van der Waals surface area contributed by atoms with Crippen LogP contribution in [0, 0.1) is 0 Å². The molecule has 1 aliphatic heterocycles. The van der Waals surface area contributed by atoms with Crippen molar-refractivity contribution in [1.82, 2.24) is 5.32 Å². The second kappa shape index (κ2) is 6.34. The van der Waals surface area contributed by atoms with Gasteiger partial charge >= 0.3 is 6.36 Å². The van der Waals surface area contributed by atoms with Crippen LogP contribution in [0.15, 0.2) is 24.3 Å². The summed E-state index contributed by atoms with van der Waals surface area (Å²) in [6.07, 6.45) is -3.08. The Kier molecular flexibility index (Phi) is 4.72. The van der Waals surface area contributed by atoms with Crippen LogP contribution < -0.4 is 15.0 Å². The second-order valence-corrected chi connectivity index (χ2v) is 4.83. The Morgan fingerprint density at radius 3 is 2.57 bits per heavy atom. The van der Waals surface area contributed by atoms with Crippen molar-refractivity contribution in [2.45, 2.75) is 32.2 Å². The van der Waals surface area contributed by atoms with Crippen LogP contribution in [0.2, 0.25) is 0 Å². The number of benzene rings is 1. The summed E-state index contributed by atoms with van der Waals surface area (Å²) >= 11 is 0. The summed E-state index contributed by atoms with van der Waals surface area (Å²) in [4.78, 5) is 13.8. The Morgan fingerprint density at radius 2 is 2.00 bits per heavy atom. The van der Waals surface area contributed by atoms with Gasteiger partial charge in [0.05, 0.1) is 6.04 Å². The zero-order valence-corrected chi connectivity index (χ0v) is 11.6. The van der Waals surface area contributed by atoms with Crippen LogP contribution in [-0.4, -0.2) is 31.4 Å². The summed E-state index contributed by atoms with van der Waals surface area (Å²) in [6.45, 7) is 3.34. The van der Waals surface area contributed by atoms with E-state index in [0.717, 1.165) is 13.0 Å². The van der Waals surface area contributed by atoms with Crippen LogP contribution in [-0.2, 0) is 4.79 Å². The van der Waals surface area contributed by atoms with Gasteiger partial charge in [0.1, 0.15) is 5.75 Å². The first-order valence-corrected chi connectivity index (χ1v) is 6.81. The summed E-state index contributed by atoms with van der Waals surface area (Å²) < 4.78 is 40.0. The van der Waals surface area contributed by atoms with Crippen molar-refractivity contribution in [3.63, 3.8) is 0 Å². The van der Waals surface area contributed by atoms with E-state index in [-0.39, 0.29) is 17.7 Å². The maximum absolute atomic E-state index is 12.2. The molecule has 21 heavy (non-hydrogen) atoms. The van der Waals surface area contributed by atoms with E-state index in [1.54, 1.807) is 4.90 Å². The highest BCUT2D eigenvalue weighted by Crippen LogP contribution is 2.27. The standard InChI is InChI=1S/C14H17F3N2O2/c1-2-8-18-12-7-9-19(13(12)20)10-3-5-11(6-4-10)21-14(15,16)17/h3-6,12,18H,2,7-9H2,1H3. The highest BCUT2D eigenvalue weighted by molar-refractivity contribution is 5.99. The molecule has 1 saturated heterocycles. The van der Waals surface area contributed by atoms with Crippen molar-refractivity contribution in [3.05, 3.63) is 24.3 Å². The SMILES string of the molecule is CCCNC1CCN(c2ccc(OC(F)(F)F)cc2)C1=O. The Hall–Kier alpha value is -1.76. The largest absolute Gasteiger partial charge is 0.573 e. The Bertz CT molecular complexity index is 488. The van der Waals surface area contributed by atoms with Crippen molar-refractivity contribution >= 4 is 11.6 Å². The summed E-state index contributed by atoms with van der Waals surface area (Å²) in [5.41, 5.74) is 0.579. The van der Waals surface area contributed by atoms with E-state index < -0.39 is 6.36 Å². The van der Waals surface area contributed by atoms with Crippen molar-refractivity contribution in [3.8, 4) is 5.75 Å². The number of ether oxygens (including phenoxy) is 1. The molecule has 4 nitrogen and oxygen atoms in total. The molecule has 1 atom stereocenters. The molecule has 1 fully saturated rings. The van der Waals surface area contributed by atoms with Crippen LogP contribution in [0.5, 0.6) is 5.75 Å². The molecule has 1 aromatic rings. The Morgan fingerprint density at radius 1 is 1.33 bits per heavy atom. The number of carbonyl (C=O) groups excluding carboxylic acids is 1. The fourth-order valence-corrected chi connectivity index (χ4v) is 2.27. The third-order valence-corrected chi connectivity index (χ3v) is 3.23. The zero-order valence-electron chi connectivity index (χ0n) is 11.6. The predicted octanol–water partition coefficient (Wildman–Crippen LogP) is 2.69. The molecule has 1 unspecified atom stereocenters. The number of hydrogen-bond acceptors (Lipinski definition) is 3. The van der Waals surface area contributed by atoms with Gasteiger partial charge < -0.3 is 15.0 Å². The van der Waals surface area contributed by atoms with Crippen LogP contribution in [0.3, 0.4) is 0 Å². The van der Waals surface area contributed by atoms with E-state index in [9.17, 15) is 18.0 Å². The minimum Gasteiger partial charge on any atom is -0.406 e.